The Morgan fingerprint density at radius 3 is 2.50 bits per heavy atom. The summed E-state index contributed by atoms with van der Waals surface area (Å²) in [7, 11) is 0. The Bertz CT molecular complexity index is 732. The molecule has 0 fully saturated rings. The van der Waals surface area contributed by atoms with Crippen LogP contribution in [0.4, 0.5) is 10.1 Å². The molecule has 24 heavy (non-hydrogen) atoms. The van der Waals surface area contributed by atoms with Crippen LogP contribution in [0.15, 0.2) is 47.4 Å². The second kappa shape index (κ2) is 8.49. The molecule has 0 unspecified atom stereocenters. The molecule has 0 radical (unpaired) electrons. The maximum absolute atomic E-state index is 12.8. The monoisotopic (exact) mass is 347 g/mol. The summed E-state index contributed by atoms with van der Waals surface area (Å²) in [6, 6.07) is 11.3. The van der Waals surface area contributed by atoms with E-state index < -0.39 is 11.9 Å². The van der Waals surface area contributed by atoms with Crippen LogP contribution in [0.5, 0.6) is 0 Å². The van der Waals surface area contributed by atoms with Crippen molar-refractivity contribution in [2.24, 2.45) is 0 Å². The number of thioether (sulfide) groups is 1. The average molecular weight is 347 g/mol. The van der Waals surface area contributed by atoms with Crippen LogP contribution < -0.4 is 5.32 Å². The molecule has 6 heteroatoms. The number of anilines is 1. The summed E-state index contributed by atoms with van der Waals surface area (Å²) in [6.07, 6.45) is 0. The van der Waals surface area contributed by atoms with Gasteiger partial charge in [0.15, 0.2) is 6.61 Å². The van der Waals surface area contributed by atoms with Crippen LogP contribution in [0, 0.1) is 19.7 Å². The average Bonchev–Trinajstić information content (AvgIpc) is 2.54. The molecular weight excluding hydrogens is 329 g/mol. The zero-order chi connectivity index (χ0) is 17.5. The first-order valence-corrected chi connectivity index (χ1v) is 8.33. The van der Waals surface area contributed by atoms with E-state index in [0.29, 0.717) is 5.69 Å². The van der Waals surface area contributed by atoms with E-state index in [-0.39, 0.29) is 18.2 Å². The van der Waals surface area contributed by atoms with Gasteiger partial charge in [-0.2, -0.15) is 0 Å². The van der Waals surface area contributed by atoms with Crippen molar-refractivity contribution in [2.75, 3.05) is 17.7 Å². The van der Waals surface area contributed by atoms with E-state index in [1.54, 1.807) is 0 Å². The van der Waals surface area contributed by atoms with Crippen LogP contribution in [-0.4, -0.2) is 24.2 Å². The number of carbonyl (C=O) groups excluding carboxylic acids is 2. The Morgan fingerprint density at radius 2 is 1.83 bits per heavy atom. The van der Waals surface area contributed by atoms with Gasteiger partial charge >= 0.3 is 5.97 Å². The fourth-order valence-electron chi connectivity index (χ4n) is 2.02. The molecule has 0 aliphatic carbocycles. The van der Waals surface area contributed by atoms with Crippen LogP contribution in [0.1, 0.15) is 11.1 Å². The van der Waals surface area contributed by atoms with Crippen molar-refractivity contribution in [3.8, 4) is 0 Å². The standard InChI is InChI=1S/C18H18FNO3S/c1-12-3-8-16(13(2)9-12)24-11-18(22)23-10-17(21)20-15-6-4-14(19)5-7-15/h3-9H,10-11H2,1-2H3,(H,20,21). The molecular formula is C18H18FNO3S. The van der Waals surface area contributed by atoms with Crippen molar-refractivity contribution >= 4 is 29.3 Å². The minimum absolute atomic E-state index is 0.133. The second-order valence-electron chi connectivity index (χ2n) is 5.27. The number of benzene rings is 2. The first-order chi connectivity index (χ1) is 11.4. The predicted octanol–water partition coefficient (Wildman–Crippen LogP) is 3.72. The van der Waals surface area contributed by atoms with Gasteiger partial charge in [0.05, 0.1) is 5.75 Å². The van der Waals surface area contributed by atoms with Crippen molar-refractivity contribution in [2.45, 2.75) is 18.7 Å². The highest BCUT2D eigenvalue weighted by molar-refractivity contribution is 8.00. The van der Waals surface area contributed by atoms with Crippen molar-refractivity contribution in [3.63, 3.8) is 0 Å². The number of carbonyl (C=O) groups is 2. The third-order valence-electron chi connectivity index (χ3n) is 3.17. The van der Waals surface area contributed by atoms with Crippen molar-refractivity contribution in [1.29, 1.82) is 0 Å². The van der Waals surface area contributed by atoms with E-state index in [9.17, 15) is 14.0 Å². The van der Waals surface area contributed by atoms with E-state index in [4.69, 9.17) is 4.74 Å². The van der Waals surface area contributed by atoms with E-state index in [2.05, 4.69) is 5.32 Å². The van der Waals surface area contributed by atoms with E-state index in [0.717, 1.165) is 16.0 Å². The molecule has 0 heterocycles. The molecule has 4 nitrogen and oxygen atoms in total. The lowest BCUT2D eigenvalue weighted by molar-refractivity contribution is -0.144. The van der Waals surface area contributed by atoms with Crippen LogP contribution in [-0.2, 0) is 14.3 Å². The zero-order valence-corrected chi connectivity index (χ0v) is 14.3. The molecule has 0 saturated carbocycles. The van der Waals surface area contributed by atoms with E-state index >= 15 is 0 Å². The van der Waals surface area contributed by atoms with Gasteiger partial charge in [-0.1, -0.05) is 17.7 Å². The molecule has 0 spiro atoms. The molecule has 0 aliphatic heterocycles. The highest BCUT2D eigenvalue weighted by Crippen LogP contribution is 2.23. The van der Waals surface area contributed by atoms with E-state index in [1.807, 2.05) is 32.0 Å². The minimum atomic E-state index is -0.466. The predicted molar refractivity (Wildman–Crippen MR) is 92.6 cm³/mol. The maximum Gasteiger partial charge on any atom is 0.316 e. The summed E-state index contributed by atoms with van der Waals surface area (Å²) in [5, 5.41) is 2.52. The third-order valence-corrected chi connectivity index (χ3v) is 4.32. The fourth-order valence-corrected chi connectivity index (χ4v) is 2.82. The van der Waals surface area contributed by atoms with Crippen LogP contribution in [0.25, 0.3) is 0 Å². The van der Waals surface area contributed by atoms with Crippen LogP contribution >= 0.6 is 11.8 Å². The molecule has 2 rings (SSSR count). The molecule has 0 aromatic heterocycles. The van der Waals surface area contributed by atoms with Gasteiger partial charge in [-0.25, -0.2) is 4.39 Å². The third kappa shape index (κ3) is 5.70. The number of esters is 1. The van der Waals surface area contributed by atoms with E-state index in [1.165, 1.54) is 36.0 Å². The lowest BCUT2D eigenvalue weighted by Gasteiger charge is -2.08. The first-order valence-electron chi connectivity index (χ1n) is 7.35. The minimum Gasteiger partial charge on any atom is -0.455 e. The molecule has 0 aliphatic rings. The number of rotatable bonds is 6. The SMILES string of the molecule is Cc1ccc(SCC(=O)OCC(=O)Nc2ccc(F)cc2)c(C)c1. The first kappa shape index (κ1) is 18.0. The number of hydrogen-bond acceptors (Lipinski definition) is 4. The van der Waals surface area contributed by atoms with Crippen molar-refractivity contribution in [1.82, 2.24) is 0 Å². The largest absolute Gasteiger partial charge is 0.455 e. The highest BCUT2D eigenvalue weighted by Gasteiger charge is 2.09. The molecule has 0 atom stereocenters. The van der Waals surface area contributed by atoms with Gasteiger partial charge < -0.3 is 10.1 Å². The maximum atomic E-state index is 12.8. The second-order valence-corrected chi connectivity index (χ2v) is 6.29. The fraction of sp³-hybridized carbons (Fsp3) is 0.222. The molecule has 0 saturated heterocycles. The summed E-state index contributed by atoms with van der Waals surface area (Å²) in [5.41, 5.74) is 2.71. The topological polar surface area (TPSA) is 55.4 Å². The zero-order valence-electron chi connectivity index (χ0n) is 13.5. The van der Waals surface area contributed by atoms with Gasteiger partial charge in [-0.3, -0.25) is 9.59 Å². The normalized spacial score (nSPS) is 10.3. The Balaban J connectivity index is 1.74. The molecule has 1 N–H and O–H groups in total. The number of hydrogen-bond donors (Lipinski definition) is 1. The summed E-state index contributed by atoms with van der Waals surface area (Å²) >= 11 is 1.37. The number of nitrogens with one attached hydrogen (secondary N) is 1. The smallest absolute Gasteiger partial charge is 0.316 e. The lowest BCUT2D eigenvalue weighted by Crippen LogP contribution is -2.21. The Kier molecular flexibility index (Phi) is 6.37. The summed E-state index contributed by atoms with van der Waals surface area (Å²) < 4.78 is 17.7. The van der Waals surface area contributed by atoms with Gasteiger partial charge in [-0.05, 0) is 49.7 Å². The molecule has 126 valence electrons. The Morgan fingerprint density at radius 1 is 1.12 bits per heavy atom. The van der Waals surface area contributed by atoms with Crippen LogP contribution in [0.3, 0.4) is 0 Å². The number of ether oxygens (including phenoxy) is 1. The number of amides is 1. The van der Waals surface area contributed by atoms with Gasteiger partial charge in [0.25, 0.3) is 5.91 Å². The van der Waals surface area contributed by atoms with Crippen molar-refractivity contribution < 1.29 is 18.7 Å². The Hall–Kier alpha value is -2.34. The molecule has 1 amide bonds. The number of aryl methyl sites for hydroxylation is 2. The molecule has 2 aromatic carbocycles. The summed E-state index contributed by atoms with van der Waals surface area (Å²) in [5.74, 6) is -1.18. The lowest BCUT2D eigenvalue weighted by atomic mass is 10.2. The quantitative estimate of drug-likeness (QED) is 0.639. The van der Waals surface area contributed by atoms with Gasteiger partial charge in [-0.15, -0.1) is 11.8 Å². The summed E-state index contributed by atoms with van der Waals surface area (Å²) in [4.78, 5) is 24.4. The summed E-state index contributed by atoms with van der Waals surface area (Å²) in [6.45, 7) is 3.62. The number of halogens is 1. The molecule has 0 bridgehead atoms. The Labute approximate surface area is 144 Å². The van der Waals surface area contributed by atoms with Gasteiger partial charge in [0.1, 0.15) is 5.82 Å². The van der Waals surface area contributed by atoms with Gasteiger partial charge in [0.2, 0.25) is 0 Å². The molecule has 2 aromatic rings. The van der Waals surface area contributed by atoms with Crippen molar-refractivity contribution in [3.05, 3.63) is 59.4 Å². The van der Waals surface area contributed by atoms with Crippen LogP contribution in [0.2, 0.25) is 0 Å². The van der Waals surface area contributed by atoms with Gasteiger partial charge in [0, 0.05) is 10.6 Å². The highest BCUT2D eigenvalue weighted by atomic mass is 32.2.